The molecule has 4 aliphatic rings. The average molecular weight is 539 g/mol. The van der Waals surface area contributed by atoms with Crippen LogP contribution in [0.3, 0.4) is 0 Å². The van der Waals surface area contributed by atoms with Crippen LogP contribution in [0.25, 0.3) is 33.4 Å². The summed E-state index contributed by atoms with van der Waals surface area (Å²) in [6.07, 6.45) is 9.17. The van der Waals surface area contributed by atoms with Gasteiger partial charge in [0.05, 0.1) is 0 Å². The van der Waals surface area contributed by atoms with Crippen LogP contribution in [0.4, 0.5) is 11.4 Å². The first-order chi connectivity index (χ1) is 20.7. The molecule has 2 aliphatic heterocycles. The van der Waals surface area contributed by atoms with Gasteiger partial charge in [-0.1, -0.05) is 97.1 Å². The molecule has 0 spiro atoms. The van der Waals surface area contributed by atoms with Crippen LogP contribution < -0.4 is 20.2 Å². The number of rotatable bonds is 2. The van der Waals surface area contributed by atoms with Crippen molar-refractivity contribution in [3.63, 3.8) is 0 Å². The summed E-state index contributed by atoms with van der Waals surface area (Å²) in [7, 11) is 4.36. The van der Waals surface area contributed by atoms with Crippen molar-refractivity contribution in [1.29, 1.82) is 0 Å². The molecule has 2 heteroatoms. The van der Waals surface area contributed by atoms with Gasteiger partial charge in [0.15, 0.2) is 0 Å². The van der Waals surface area contributed by atoms with Gasteiger partial charge in [-0.2, -0.15) is 0 Å². The molecule has 0 amide bonds. The van der Waals surface area contributed by atoms with E-state index in [4.69, 9.17) is 0 Å². The number of nitrogens with zero attached hydrogens (tertiary/aromatic N) is 2. The molecular weight excluding hydrogens is 508 g/mol. The highest BCUT2D eigenvalue weighted by Gasteiger charge is 2.34. The maximum atomic E-state index is 2.44. The summed E-state index contributed by atoms with van der Waals surface area (Å²) in [5, 5.41) is 2.62. The molecule has 0 bridgehead atoms. The molecule has 0 unspecified atom stereocenters. The highest BCUT2D eigenvalue weighted by Crippen LogP contribution is 2.50. The number of hydrogen-bond donors (Lipinski definition) is 0. The van der Waals surface area contributed by atoms with E-state index >= 15 is 0 Å². The quantitative estimate of drug-likeness (QED) is 0.229. The normalized spacial score (nSPS) is 16.2. The van der Waals surface area contributed by atoms with Crippen molar-refractivity contribution in [2.75, 3.05) is 23.9 Å². The van der Waals surface area contributed by atoms with Gasteiger partial charge in [0.2, 0.25) is 0 Å². The van der Waals surface area contributed by atoms with Crippen LogP contribution in [0.5, 0.6) is 0 Å². The van der Waals surface area contributed by atoms with E-state index in [1.54, 1.807) is 0 Å². The Balaban J connectivity index is 1.33. The van der Waals surface area contributed by atoms with Gasteiger partial charge in [0.1, 0.15) is 0 Å². The Morgan fingerprint density at radius 1 is 0.429 bits per heavy atom. The Morgan fingerprint density at radius 2 is 0.738 bits per heavy atom. The highest BCUT2D eigenvalue weighted by atomic mass is 15.1. The van der Waals surface area contributed by atoms with Gasteiger partial charge in [0, 0.05) is 60.1 Å². The lowest BCUT2D eigenvalue weighted by Gasteiger charge is -2.29. The lowest BCUT2D eigenvalue weighted by atomic mass is 9.84. The van der Waals surface area contributed by atoms with Crippen LogP contribution in [0, 0.1) is 0 Å². The van der Waals surface area contributed by atoms with Gasteiger partial charge in [-0.25, -0.2) is 0 Å². The molecule has 0 N–H and O–H groups in total. The fraction of sp³-hybridized carbons (Fsp3) is 0.100. The summed E-state index contributed by atoms with van der Waals surface area (Å²) >= 11 is 0. The molecule has 2 heterocycles. The molecule has 42 heavy (non-hydrogen) atoms. The van der Waals surface area contributed by atoms with Gasteiger partial charge in [0.25, 0.3) is 0 Å². The Morgan fingerprint density at radius 3 is 1.07 bits per heavy atom. The summed E-state index contributed by atoms with van der Waals surface area (Å²) in [5.74, 6) is 0.418. The lowest BCUT2D eigenvalue weighted by Crippen LogP contribution is -2.33. The van der Waals surface area contributed by atoms with Crippen LogP contribution in [0.2, 0.25) is 0 Å². The highest BCUT2D eigenvalue weighted by molar-refractivity contribution is 5.91. The van der Waals surface area contributed by atoms with Crippen LogP contribution in [0.1, 0.15) is 34.1 Å². The molecule has 2 nitrogen and oxygen atoms in total. The second-order valence-corrected chi connectivity index (χ2v) is 11.9. The van der Waals surface area contributed by atoms with Gasteiger partial charge in [-0.05, 0) is 79.9 Å². The molecule has 200 valence electrons. The SMILES string of the molecule is CN1C=CC(C2c3ccccc3-c3ccccc32)=c2cc3c(cc21)=C(C1c2ccccc2-c2ccccc21)C=CN3C. The van der Waals surface area contributed by atoms with E-state index in [9.17, 15) is 0 Å². The molecule has 2 aliphatic carbocycles. The van der Waals surface area contributed by atoms with Crippen molar-refractivity contribution >= 4 is 22.5 Å². The Labute approximate surface area is 246 Å². The molecule has 0 aromatic heterocycles. The van der Waals surface area contributed by atoms with Gasteiger partial charge >= 0.3 is 0 Å². The third-order valence-electron chi connectivity index (χ3n) is 9.74. The zero-order valence-corrected chi connectivity index (χ0v) is 23.8. The van der Waals surface area contributed by atoms with E-state index in [0.29, 0.717) is 0 Å². The number of anilines is 2. The standard InChI is InChI=1S/C40H30N2/c1-41-21-19-33(39-29-15-7-3-11-25(29)26-12-4-8-16-30(26)39)35-24-38-36(23-37(35)41)34(20-22-42(38)2)40-31-17-9-5-13-27(31)28-14-6-10-18-32(28)40/h3-24,39-40H,1-2H3. The second kappa shape index (κ2) is 8.71. The van der Waals surface area contributed by atoms with E-state index < -0.39 is 0 Å². The maximum Gasteiger partial charge on any atom is 0.0487 e. The first kappa shape index (κ1) is 23.6. The van der Waals surface area contributed by atoms with Crippen molar-refractivity contribution in [2.24, 2.45) is 0 Å². The summed E-state index contributed by atoms with van der Waals surface area (Å²) in [6, 6.07) is 40.6. The summed E-state index contributed by atoms with van der Waals surface area (Å²) in [4.78, 5) is 4.58. The summed E-state index contributed by atoms with van der Waals surface area (Å²) < 4.78 is 0. The summed E-state index contributed by atoms with van der Waals surface area (Å²) in [5.41, 5.74) is 16.2. The van der Waals surface area contributed by atoms with Crippen LogP contribution in [0.15, 0.2) is 134 Å². The van der Waals surface area contributed by atoms with E-state index in [2.05, 4.69) is 158 Å². The van der Waals surface area contributed by atoms with Crippen LogP contribution >= 0.6 is 0 Å². The number of allylic oxidation sites excluding steroid dienone is 2. The predicted octanol–water partition coefficient (Wildman–Crippen LogP) is 7.54. The third-order valence-corrected chi connectivity index (χ3v) is 9.74. The molecule has 0 fully saturated rings. The van der Waals surface area contributed by atoms with Crippen LogP contribution in [-0.2, 0) is 0 Å². The first-order valence-corrected chi connectivity index (χ1v) is 14.8. The topological polar surface area (TPSA) is 6.48 Å². The van der Waals surface area contributed by atoms with E-state index in [1.807, 2.05) is 0 Å². The monoisotopic (exact) mass is 538 g/mol. The zero-order chi connectivity index (χ0) is 27.9. The van der Waals surface area contributed by atoms with E-state index in [-0.39, 0.29) is 11.8 Å². The Bertz CT molecular complexity index is 1900. The molecule has 5 aromatic rings. The number of hydrogen-bond acceptors (Lipinski definition) is 2. The molecule has 9 rings (SSSR count). The second-order valence-electron chi connectivity index (χ2n) is 11.9. The van der Waals surface area contributed by atoms with Crippen molar-refractivity contribution in [3.8, 4) is 22.3 Å². The molecule has 0 saturated heterocycles. The van der Waals surface area contributed by atoms with Crippen molar-refractivity contribution < 1.29 is 0 Å². The van der Waals surface area contributed by atoms with E-state index in [0.717, 1.165) is 0 Å². The molecule has 0 atom stereocenters. The van der Waals surface area contributed by atoms with Crippen LogP contribution in [-0.4, -0.2) is 14.1 Å². The van der Waals surface area contributed by atoms with Crippen molar-refractivity contribution in [2.45, 2.75) is 11.8 Å². The minimum absolute atomic E-state index is 0.209. The minimum atomic E-state index is 0.209. The fourth-order valence-electron chi connectivity index (χ4n) is 7.83. The zero-order valence-electron chi connectivity index (χ0n) is 23.8. The predicted molar refractivity (Wildman–Crippen MR) is 175 cm³/mol. The molecule has 0 radical (unpaired) electrons. The molecular formula is C40H30N2. The largest absolute Gasteiger partial charge is 0.351 e. The number of fused-ring (bicyclic) bond motifs is 8. The Kier molecular flexibility index (Phi) is 4.90. The fourth-order valence-corrected chi connectivity index (χ4v) is 7.83. The van der Waals surface area contributed by atoms with Crippen molar-refractivity contribution in [1.82, 2.24) is 0 Å². The third kappa shape index (κ3) is 3.15. The lowest BCUT2D eigenvalue weighted by molar-refractivity contribution is 1.05. The van der Waals surface area contributed by atoms with Crippen molar-refractivity contribution in [3.05, 3.63) is 166 Å². The van der Waals surface area contributed by atoms with E-state index in [1.165, 1.54) is 77.5 Å². The molecule has 0 saturated carbocycles. The van der Waals surface area contributed by atoms with Gasteiger partial charge < -0.3 is 9.80 Å². The Hall–Kier alpha value is -5.08. The average Bonchev–Trinajstić information content (AvgIpc) is 3.55. The van der Waals surface area contributed by atoms with Gasteiger partial charge in [-0.15, -0.1) is 0 Å². The summed E-state index contributed by atoms with van der Waals surface area (Å²) in [6.45, 7) is 0. The first-order valence-electron chi connectivity index (χ1n) is 14.8. The number of benzene rings is 5. The molecule has 5 aromatic carbocycles. The van der Waals surface area contributed by atoms with Gasteiger partial charge in [-0.3, -0.25) is 0 Å². The maximum absolute atomic E-state index is 2.44. The minimum Gasteiger partial charge on any atom is -0.351 e. The smallest absolute Gasteiger partial charge is 0.0487 e.